The van der Waals surface area contributed by atoms with Crippen LogP contribution in [0.3, 0.4) is 0 Å². The lowest BCUT2D eigenvalue weighted by Gasteiger charge is -2.22. The van der Waals surface area contributed by atoms with Crippen LogP contribution in [0.4, 0.5) is 4.39 Å². The summed E-state index contributed by atoms with van der Waals surface area (Å²) in [7, 11) is 0. The van der Waals surface area contributed by atoms with E-state index < -0.39 is 12.1 Å². The minimum atomic E-state index is -0.819. The van der Waals surface area contributed by atoms with Crippen LogP contribution in [0.5, 0.6) is 0 Å². The van der Waals surface area contributed by atoms with E-state index in [-0.39, 0.29) is 24.7 Å². The maximum Gasteiger partial charge on any atom is 0.217 e. The first-order chi connectivity index (χ1) is 8.90. The van der Waals surface area contributed by atoms with Gasteiger partial charge in [0.25, 0.3) is 0 Å². The Balaban J connectivity index is 4.56. The number of halogens is 1. The Hall–Kier alpha value is -1.46. The first-order valence-corrected chi connectivity index (χ1v) is 6.18. The van der Waals surface area contributed by atoms with Gasteiger partial charge in [-0.3, -0.25) is 4.79 Å². The van der Waals surface area contributed by atoms with Gasteiger partial charge in [0, 0.05) is 19.9 Å². The molecule has 4 nitrogen and oxygen atoms in total. The van der Waals surface area contributed by atoms with E-state index in [2.05, 4.69) is 11.9 Å². The fourth-order valence-electron chi connectivity index (χ4n) is 1.61. The Morgan fingerprint density at radius 3 is 2.63 bits per heavy atom. The van der Waals surface area contributed by atoms with Crippen LogP contribution < -0.4 is 11.1 Å². The zero-order valence-electron chi connectivity index (χ0n) is 11.5. The molecular formula is C14H23FN2O2. The van der Waals surface area contributed by atoms with Crippen LogP contribution in [-0.4, -0.2) is 29.7 Å². The Kier molecular flexibility index (Phi) is 8.74. The molecule has 0 saturated heterocycles. The van der Waals surface area contributed by atoms with Crippen molar-refractivity contribution >= 4 is 5.91 Å². The summed E-state index contributed by atoms with van der Waals surface area (Å²) >= 11 is 0. The number of nitrogens with one attached hydrogen (secondary N) is 1. The summed E-state index contributed by atoms with van der Waals surface area (Å²) in [6.45, 7) is 6.67. The van der Waals surface area contributed by atoms with Crippen LogP contribution in [0.25, 0.3) is 0 Å². The third-order valence-corrected chi connectivity index (χ3v) is 2.58. The number of nitrogens with two attached hydrogens (primary N) is 1. The maximum absolute atomic E-state index is 13.1. The number of aliphatic hydroxyl groups excluding tert-OH is 1. The van der Waals surface area contributed by atoms with Crippen molar-refractivity contribution in [2.24, 2.45) is 5.73 Å². The summed E-state index contributed by atoms with van der Waals surface area (Å²) < 4.78 is 13.1. The third-order valence-electron chi connectivity index (χ3n) is 2.58. The molecule has 1 amide bonds. The molecule has 0 bridgehead atoms. The number of allylic oxidation sites excluding steroid dienone is 4. The van der Waals surface area contributed by atoms with Crippen LogP contribution in [-0.2, 0) is 4.79 Å². The molecule has 0 saturated carbocycles. The normalized spacial score (nSPS) is 15.8. The summed E-state index contributed by atoms with van der Waals surface area (Å²) in [6.07, 6.45) is 4.18. The Morgan fingerprint density at radius 1 is 1.53 bits per heavy atom. The first-order valence-electron chi connectivity index (χ1n) is 6.18. The predicted molar refractivity (Wildman–Crippen MR) is 75.0 cm³/mol. The van der Waals surface area contributed by atoms with E-state index in [0.29, 0.717) is 6.42 Å². The minimum Gasteiger partial charge on any atom is -0.390 e. The molecule has 0 aromatic rings. The van der Waals surface area contributed by atoms with Crippen molar-refractivity contribution < 1.29 is 14.3 Å². The van der Waals surface area contributed by atoms with E-state index >= 15 is 0 Å². The summed E-state index contributed by atoms with van der Waals surface area (Å²) in [5.41, 5.74) is 6.26. The zero-order chi connectivity index (χ0) is 14.8. The molecule has 0 aliphatic heterocycles. The Morgan fingerprint density at radius 2 is 2.16 bits per heavy atom. The largest absolute Gasteiger partial charge is 0.390 e. The van der Waals surface area contributed by atoms with Crippen LogP contribution in [0.1, 0.15) is 26.7 Å². The number of carbonyl (C=O) groups is 1. The molecule has 1 unspecified atom stereocenters. The van der Waals surface area contributed by atoms with E-state index in [0.717, 1.165) is 5.57 Å². The molecular weight excluding hydrogens is 247 g/mol. The number of hydrogen-bond donors (Lipinski definition) is 3. The van der Waals surface area contributed by atoms with Gasteiger partial charge in [-0.15, -0.1) is 0 Å². The second-order valence-electron chi connectivity index (χ2n) is 4.42. The number of amides is 1. The molecule has 19 heavy (non-hydrogen) atoms. The van der Waals surface area contributed by atoms with Gasteiger partial charge in [-0.25, -0.2) is 4.39 Å². The van der Waals surface area contributed by atoms with E-state index in [1.807, 2.05) is 6.92 Å². The van der Waals surface area contributed by atoms with Gasteiger partial charge in [0.2, 0.25) is 5.91 Å². The molecule has 0 aliphatic carbocycles. The van der Waals surface area contributed by atoms with E-state index in [4.69, 9.17) is 5.73 Å². The fourth-order valence-corrected chi connectivity index (χ4v) is 1.61. The van der Waals surface area contributed by atoms with Crippen molar-refractivity contribution in [1.29, 1.82) is 0 Å². The minimum absolute atomic E-state index is 0.0585. The second kappa shape index (κ2) is 9.47. The second-order valence-corrected chi connectivity index (χ2v) is 4.42. The van der Waals surface area contributed by atoms with Crippen molar-refractivity contribution in [3.63, 3.8) is 0 Å². The number of rotatable bonds is 8. The van der Waals surface area contributed by atoms with Crippen molar-refractivity contribution in [2.45, 2.75) is 38.8 Å². The first kappa shape index (κ1) is 17.5. The van der Waals surface area contributed by atoms with Crippen LogP contribution in [0.2, 0.25) is 0 Å². The van der Waals surface area contributed by atoms with Crippen LogP contribution in [0, 0.1) is 0 Å². The van der Waals surface area contributed by atoms with Crippen LogP contribution in [0.15, 0.2) is 36.2 Å². The Labute approximate surface area is 113 Å². The lowest BCUT2D eigenvalue weighted by Crippen LogP contribution is -2.45. The summed E-state index contributed by atoms with van der Waals surface area (Å²) in [5.74, 6) is -0.521. The van der Waals surface area contributed by atoms with Crippen molar-refractivity contribution in [2.75, 3.05) is 6.54 Å². The van der Waals surface area contributed by atoms with Crippen LogP contribution >= 0.6 is 0 Å². The molecule has 4 N–H and O–H groups in total. The highest BCUT2D eigenvalue weighted by Gasteiger charge is 2.18. The molecule has 5 heteroatoms. The maximum atomic E-state index is 13.1. The molecule has 0 rings (SSSR count). The monoisotopic (exact) mass is 270 g/mol. The quantitative estimate of drug-likeness (QED) is 0.463. The lowest BCUT2D eigenvalue weighted by molar-refractivity contribution is -0.120. The molecule has 108 valence electrons. The predicted octanol–water partition coefficient (Wildman–Crippen LogP) is 1.58. The zero-order valence-corrected chi connectivity index (χ0v) is 11.5. The summed E-state index contributed by atoms with van der Waals surface area (Å²) in [6, 6.07) is -0.454. The highest BCUT2D eigenvalue weighted by molar-refractivity contribution is 5.73. The molecule has 0 aromatic heterocycles. The fraction of sp³-hybridized carbons (Fsp3) is 0.500. The van der Waals surface area contributed by atoms with Gasteiger partial charge >= 0.3 is 0 Å². The summed E-state index contributed by atoms with van der Waals surface area (Å²) in [4.78, 5) is 11.0. The smallest absolute Gasteiger partial charge is 0.217 e. The van der Waals surface area contributed by atoms with Gasteiger partial charge in [-0.2, -0.15) is 0 Å². The molecule has 2 atom stereocenters. The van der Waals surface area contributed by atoms with Gasteiger partial charge < -0.3 is 16.2 Å². The average molecular weight is 270 g/mol. The molecule has 0 aromatic carbocycles. The van der Waals surface area contributed by atoms with Gasteiger partial charge in [0.05, 0.1) is 12.1 Å². The number of hydrogen-bond acceptors (Lipinski definition) is 3. The van der Waals surface area contributed by atoms with Gasteiger partial charge in [0.15, 0.2) is 0 Å². The Bertz CT molecular complexity index is 364. The standard InChI is InChI=1S/C14H23FN2O2/c1-4-5-12(15)7-6-10(2)8-13(14(19)9-16)17-11(3)18/h4-6,13-14,19H,1,7-9,16H2,2-3H3,(H,17,18)/b10-6+,12-5+/t13-,14?/m0/s1. The number of aliphatic hydroxyl groups is 1. The van der Waals surface area contributed by atoms with E-state index in [1.54, 1.807) is 6.08 Å². The topological polar surface area (TPSA) is 75.3 Å². The molecule has 0 fully saturated rings. The van der Waals surface area contributed by atoms with Gasteiger partial charge in [-0.1, -0.05) is 24.3 Å². The van der Waals surface area contributed by atoms with E-state index in [9.17, 15) is 14.3 Å². The average Bonchev–Trinajstić information content (AvgIpc) is 2.34. The molecule has 0 spiro atoms. The third kappa shape index (κ3) is 8.29. The molecule has 0 aliphatic rings. The van der Waals surface area contributed by atoms with Crippen molar-refractivity contribution in [3.8, 4) is 0 Å². The number of carbonyl (C=O) groups excluding carboxylic acids is 1. The van der Waals surface area contributed by atoms with E-state index in [1.165, 1.54) is 19.1 Å². The highest BCUT2D eigenvalue weighted by atomic mass is 19.1. The van der Waals surface area contributed by atoms with Gasteiger partial charge in [0.1, 0.15) is 5.83 Å². The lowest BCUT2D eigenvalue weighted by atomic mass is 10.0. The SMILES string of the molecule is C=C/C=C(/F)C/C=C(\C)C[C@H](NC(C)=O)C(O)CN. The summed E-state index contributed by atoms with van der Waals surface area (Å²) in [5, 5.41) is 12.4. The highest BCUT2D eigenvalue weighted by Crippen LogP contribution is 2.12. The van der Waals surface area contributed by atoms with Crippen molar-refractivity contribution in [3.05, 3.63) is 36.2 Å². The van der Waals surface area contributed by atoms with Gasteiger partial charge in [-0.05, 0) is 19.4 Å². The van der Waals surface area contributed by atoms with Crippen molar-refractivity contribution in [1.82, 2.24) is 5.32 Å². The molecule has 0 radical (unpaired) electrons. The molecule has 0 heterocycles.